The Bertz CT molecular complexity index is 1110. The molecule has 0 bridgehead atoms. The topological polar surface area (TPSA) is 70.5 Å². The van der Waals surface area contributed by atoms with Gasteiger partial charge in [-0.2, -0.15) is 17.5 Å². The van der Waals surface area contributed by atoms with Crippen molar-refractivity contribution in [3.05, 3.63) is 58.6 Å². The molecular weight excluding hydrogens is 457 g/mol. The van der Waals surface area contributed by atoms with Crippen LogP contribution in [0.5, 0.6) is 11.5 Å². The zero-order chi connectivity index (χ0) is 24.2. The third-order valence-electron chi connectivity index (χ3n) is 4.58. The van der Waals surface area contributed by atoms with Crippen molar-refractivity contribution in [1.82, 2.24) is 9.36 Å². The van der Waals surface area contributed by atoms with Crippen LogP contribution in [-0.2, 0) is 22.3 Å². The average molecular weight is 481 g/mol. The lowest BCUT2D eigenvalue weighted by Crippen LogP contribution is -2.39. The van der Waals surface area contributed by atoms with Crippen LogP contribution in [0.3, 0.4) is 0 Å². The van der Waals surface area contributed by atoms with E-state index in [4.69, 9.17) is 14.2 Å². The summed E-state index contributed by atoms with van der Waals surface area (Å²) < 4.78 is 59.0. The fourth-order valence-corrected chi connectivity index (χ4v) is 3.41. The molecule has 176 valence electrons. The zero-order valence-electron chi connectivity index (χ0n) is 18.5. The third-order valence-corrected chi connectivity index (χ3v) is 5.26. The van der Waals surface area contributed by atoms with E-state index in [0.717, 1.165) is 29.2 Å². The van der Waals surface area contributed by atoms with Crippen LogP contribution in [0.25, 0.3) is 11.4 Å². The number of nitrogens with zero attached hydrogens (tertiary/aromatic N) is 2. The minimum Gasteiger partial charge on any atom is -0.486 e. The number of esters is 1. The van der Waals surface area contributed by atoms with Crippen LogP contribution in [-0.4, -0.2) is 27.5 Å². The van der Waals surface area contributed by atoms with E-state index < -0.39 is 23.3 Å². The first kappa shape index (κ1) is 24.5. The van der Waals surface area contributed by atoms with Gasteiger partial charge in [-0.05, 0) is 75.1 Å². The Morgan fingerprint density at radius 3 is 2.39 bits per heavy atom. The van der Waals surface area contributed by atoms with Crippen LogP contribution >= 0.6 is 11.5 Å². The number of hydrogen-bond donors (Lipinski definition) is 0. The van der Waals surface area contributed by atoms with Crippen molar-refractivity contribution in [2.24, 2.45) is 0 Å². The second-order valence-electron chi connectivity index (χ2n) is 7.64. The fraction of sp³-hybridized carbons (Fsp3) is 0.348. The molecule has 3 rings (SSSR count). The number of aryl methyl sites for hydroxylation is 1. The number of ether oxygens (including phenoxy) is 3. The van der Waals surface area contributed by atoms with Gasteiger partial charge in [0.05, 0.1) is 12.2 Å². The van der Waals surface area contributed by atoms with E-state index in [1.807, 2.05) is 6.92 Å². The highest BCUT2D eigenvalue weighted by Gasteiger charge is 2.32. The Balaban J connectivity index is 1.62. The summed E-state index contributed by atoms with van der Waals surface area (Å²) in [6, 6.07) is 9.88. The van der Waals surface area contributed by atoms with Gasteiger partial charge in [-0.25, -0.2) is 9.78 Å². The molecule has 0 N–H and O–H groups in total. The summed E-state index contributed by atoms with van der Waals surface area (Å²) in [7, 11) is 0. The van der Waals surface area contributed by atoms with Crippen LogP contribution in [0.1, 0.15) is 36.9 Å². The van der Waals surface area contributed by atoms with Gasteiger partial charge in [-0.1, -0.05) is 12.1 Å². The first-order valence-electron chi connectivity index (χ1n) is 10.1. The molecule has 0 saturated heterocycles. The smallest absolute Gasteiger partial charge is 0.416 e. The van der Waals surface area contributed by atoms with Crippen LogP contribution in [0.15, 0.2) is 42.5 Å². The van der Waals surface area contributed by atoms with E-state index in [9.17, 15) is 18.0 Å². The molecular formula is C23H23F3N2O4S. The highest BCUT2D eigenvalue weighted by atomic mass is 32.1. The molecule has 10 heteroatoms. The molecule has 0 aliphatic rings. The Morgan fingerprint density at radius 1 is 1.09 bits per heavy atom. The van der Waals surface area contributed by atoms with Crippen LogP contribution in [0.4, 0.5) is 13.2 Å². The SMILES string of the molecule is CCOC(=O)C(C)(C)Oc1ccc(OCc2nc(-c3ccc(C(F)(F)F)cc3)ns2)cc1C. The van der Waals surface area contributed by atoms with E-state index in [0.29, 0.717) is 27.9 Å². The maximum absolute atomic E-state index is 12.7. The highest BCUT2D eigenvalue weighted by molar-refractivity contribution is 7.05. The summed E-state index contributed by atoms with van der Waals surface area (Å²) in [6.45, 7) is 7.25. The summed E-state index contributed by atoms with van der Waals surface area (Å²) in [5.41, 5.74) is -0.595. The Kier molecular flexibility index (Phi) is 7.26. The minimum absolute atomic E-state index is 0.145. The number of rotatable bonds is 8. The molecule has 0 amide bonds. The molecule has 0 radical (unpaired) electrons. The van der Waals surface area contributed by atoms with Crippen molar-refractivity contribution in [1.29, 1.82) is 0 Å². The van der Waals surface area contributed by atoms with Crippen LogP contribution in [0, 0.1) is 6.92 Å². The predicted molar refractivity (Wildman–Crippen MR) is 117 cm³/mol. The van der Waals surface area contributed by atoms with Gasteiger partial charge in [-0.15, -0.1) is 0 Å². The van der Waals surface area contributed by atoms with Gasteiger partial charge in [0, 0.05) is 5.56 Å². The summed E-state index contributed by atoms with van der Waals surface area (Å²) in [6.07, 6.45) is -4.39. The Labute approximate surface area is 193 Å². The second kappa shape index (κ2) is 9.78. The van der Waals surface area contributed by atoms with Gasteiger partial charge in [0.2, 0.25) is 0 Å². The van der Waals surface area contributed by atoms with E-state index in [1.165, 1.54) is 12.1 Å². The normalized spacial score (nSPS) is 11.8. The van der Waals surface area contributed by atoms with Crippen molar-refractivity contribution >= 4 is 17.5 Å². The molecule has 0 unspecified atom stereocenters. The molecule has 0 fully saturated rings. The number of benzene rings is 2. The second-order valence-corrected chi connectivity index (χ2v) is 8.47. The summed E-state index contributed by atoms with van der Waals surface area (Å²) >= 11 is 1.11. The van der Waals surface area contributed by atoms with E-state index >= 15 is 0 Å². The first-order chi connectivity index (χ1) is 15.5. The summed E-state index contributed by atoms with van der Waals surface area (Å²) in [5, 5.41) is 0.575. The highest BCUT2D eigenvalue weighted by Crippen LogP contribution is 2.31. The Morgan fingerprint density at radius 2 is 1.79 bits per heavy atom. The molecule has 33 heavy (non-hydrogen) atoms. The Hall–Kier alpha value is -3.14. The number of hydrogen-bond acceptors (Lipinski definition) is 7. The average Bonchev–Trinajstić information content (AvgIpc) is 3.23. The lowest BCUT2D eigenvalue weighted by Gasteiger charge is -2.25. The van der Waals surface area contributed by atoms with Crippen molar-refractivity contribution in [2.45, 2.75) is 46.1 Å². The van der Waals surface area contributed by atoms with Crippen molar-refractivity contribution < 1.29 is 32.2 Å². The largest absolute Gasteiger partial charge is 0.486 e. The van der Waals surface area contributed by atoms with Gasteiger partial charge in [0.15, 0.2) is 16.4 Å². The molecule has 6 nitrogen and oxygen atoms in total. The first-order valence-corrected chi connectivity index (χ1v) is 10.9. The molecule has 1 heterocycles. The van der Waals surface area contributed by atoms with Gasteiger partial charge >= 0.3 is 12.1 Å². The lowest BCUT2D eigenvalue weighted by molar-refractivity contribution is -0.158. The van der Waals surface area contributed by atoms with Gasteiger partial charge in [0.25, 0.3) is 0 Å². The van der Waals surface area contributed by atoms with E-state index in [2.05, 4.69) is 9.36 Å². The maximum Gasteiger partial charge on any atom is 0.416 e. The molecule has 1 aromatic heterocycles. The predicted octanol–water partition coefficient (Wildman–Crippen LogP) is 5.83. The zero-order valence-corrected chi connectivity index (χ0v) is 19.3. The molecule has 0 aliphatic heterocycles. The molecule has 0 saturated carbocycles. The van der Waals surface area contributed by atoms with Crippen molar-refractivity contribution in [3.63, 3.8) is 0 Å². The quantitative estimate of drug-likeness (QED) is 0.378. The molecule has 0 atom stereocenters. The summed E-state index contributed by atoms with van der Waals surface area (Å²) in [5.74, 6) is 0.985. The third kappa shape index (κ3) is 6.22. The van der Waals surface area contributed by atoms with Gasteiger partial charge in [-0.3, -0.25) is 0 Å². The summed E-state index contributed by atoms with van der Waals surface area (Å²) in [4.78, 5) is 16.4. The van der Waals surface area contributed by atoms with E-state index in [-0.39, 0.29) is 13.2 Å². The fourth-order valence-electron chi connectivity index (χ4n) is 2.83. The number of carbonyl (C=O) groups excluding carboxylic acids is 1. The lowest BCUT2D eigenvalue weighted by atomic mass is 10.1. The van der Waals surface area contributed by atoms with Crippen LogP contribution in [0.2, 0.25) is 0 Å². The number of aromatic nitrogens is 2. The van der Waals surface area contributed by atoms with Crippen molar-refractivity contribution in [3.8, 4) is 22.9 Å². The van der Waals surface area contributed by atoms with Crippen LogP contribution < -0.4 is 9.47 Å². The number of halogens is 3. The maximum atomic E-state index is 12.7. The molecule has 0 aliphatic carbocycles. The molecule has 0 spiro atoms. The molecule has 3 aromatic rings. The van der Waals surface area contributed by atoms with E-state index in [1.54, 1.807) is 39.0 Å². The molecule has 2 aromatic carbocycles. The van der Waals surface area contributed by atoms with Gasteiger partial charge in [0.1, 0.15) is 18.1 Å². The number of alkyl halides is 3. The standard InChI is InChI=1S/C23H23F3N2O4S/c1-5-30-21(29)22(3,4)32-18-11-10-17(12-14(18)2)31-13-19-27-20(28-33-19)15-6-8-16(9-7-15)23(24,25)26/h6-12H,5,13H2,1-4H3. The van der Waals surface area contributed by atoms with Gasteiger partial charge < -0.3 is 14.2 Å². The monoisotopic (exact) mass is 480 g/mol. The van der Waals surface area contributed by atoms with Crippen molar-refractivity contribution in [2.75, 3.05) is 6.61 Å². The number of carbonyl (C=O) groups is 1. The minimum atomic E-state index is -4.39.